The summed E-state index contributed by atoms with van der Waals surface area (Å²) in [6, 6.07) is 7.15. The van der Waals surface area contributed by atoms with E-state index in [1.165, 1.54) is 31.4 Å². The van der Waals surface area contributed by atoms with Crippen LogP contribution < -0.4 is 9.04 Å². The van der Waals surface area contributed by atoms with Crippen molar-refractivity contribution in [2.45, 2.75) is 39.5 Å². The van der Waals surface area contributed by atoms with Gasteiger partial charge in [-0.05, 0) is 30.0 Å². The SMILES string of the molecule is CCCS(=O)(=O)N(C(=O)c1ccc(C(C)(C)C)c([N+](=O)[O-])c1)c1ccc(OC)c(F)c1. The van der Waals surface area contributed by atoms with Crippen molar-refractivity contribution in [2.75, 3.05) is 17.2 Å². The first-order chi connectivity index (χ1) is 14.3. The highest BCUT2D eigenvalue weighted by Gasteiger charge is 2.33. The lowest BCUT2D eigenvalue weighted by atomic mass is 9.85. The van der Waals surface area contributed by atoms with Crippen molar-refractivity contribution in [3.8, 4) is 5.75 Å². The van der Waals surface area contributed by atoms with Gasteiger partial charge in [-0.2, -0.15) is 0 Å². The van der Waals surface area contributed by atoms with Crippen molar-refractivity contribution in [2.24, 2.45) is 0 Å². The first-order valence-corrected chi connectivity index (χ1v) is 11.1. The van der Waals surface area contributed by atoms with Crippen LogP contribution in [0.1, 0.15) is 50.0 Å². The summed E-state index contributed by atoms with van der Waals surface area (Å²) in [5.74, 6) is -2.34. The number of nitro groups is 1. The molecule has 0 radical (unpaired) electrons. The molecule has 10 heteroatoms. The van der Waals surface area contributed by atoms with E-state index in [1.807, 2.05) is 0 Å². The Morgan fingerprint density at radius 1 is 1.19 bits per heavy atom. The summed E-state index contributed by atoms with van der Waals surface area (Å²) in [6.45, 7) is 6.98. The zero-order chi connectivity index (χ0) is 23.6. The summed E-state index contributed by atoms with van der Waals surface area (Å²) in [4.78, 5) is 24.2. The average molecular weight is 453 g/mol. The second-order valence-corrected chi connectivity index (χ2v) is 9.88. The molecule has 0 aromatic heterocycles. The normalized spacial score (nSPS) is 11.8. The molecule has 0 atom stereocenters. The minimum atomic E-state index is -4.17. The summed E-state index contributed by atoms with van der Waals surface area (Å²) in [5, 5.41) is 11.6. The molecule has 2 aromatic rings. The highest BCUT2D eigenvalue weighted by Crippen LogP contribution is 2.33. The van der Waals surface area contributed by atoms with E-state index < -0.39 is 32.1 Å². The Balaban J connectivity index is 2.68. The Morgan fingerprint density at radius 3 is 2.32 bits per heavy atom. The first-order valence-electron chi connectivity index (χ1n) is 9.53. The molecule has 0 aliphatic carbocycles. The summed E-state index contributed by atoms with van der Waals surface area (Å²) >= 11 is 0. The van der Waals surface area contributed by atoms with Crippen LogP contribution in [-0.2, 0) is 15.4 Å². The van der Waals surface area contributed by atoms with Crippen molar-refractivity contribution >= 4 is 27.3 Å². The number of halogens is 1. The largest absolute Gasteiger partial charge is 0.494 e. The molecule has 0 bridgehead atoms. The van der Waals surface area contributed by atoms with Crippen LogP contribution in [0.25, 0.3) is 0 Å². The predicted octanol–water partition coefficient (Wildman–Crippen LogP) is 4.43. The van der Waals surface area contributed by atoms with Gasteiger partial charge in [-0.3, -0.25) is 14.9 Å². The molecule has 8 nitrogen and oxygen atoms in total. The van der Waals surface area contributed by atoms with Gasteiger partial charge in [0.05, 0.1) is 23.5 Å². The quantitative estimate of drug-likeness (QED) is 0.454. The zero-order valence-electron chi connectivity index (χ0n) is 18.0. The summed E-state index contributed by atoms with van der Waals surface area (Å²) in [6.07, 6.45) is 0.216. The lowest BCUT2D eigenvalue weighted by Crippen LogP contribution is -2.38. The van der Waals surface area contributed by atoms with Gasteiger partial charge in [-0.15, -0.1) is 0 Å². The van der Waals surface area contributed by atoms with Gasteiger partial charge in [0, 0.05) is 23.3 Å². The number of methoxy groups -OCH3 is 1. The van der Waals surface area contributed by atoms with Crippen LogP contribution in [0, 0.1) is 15.9 Å². The summed E-state index contributed by atoms with van der Waals surface area (Å²) in [5.41, 5.74) is -0.897. The van der Waals surface area contributed by atoms with Crippen LogP contribution in [0.4, 0.5) is 15.8 Å². The van der Waals surface area contributed by atoms with Gasteiger partial charge in [0.1, 0.15) is 0 Å². The fourth-order valence-corrected chi connectivity index (χ4v) is 4.59. The summed E-state index contributed by atoms with van der Waals surface area (Å²) < 4.78 is 45.3. The minimum absolute atomic E-state index is 0.116. The van der Waals surface area contributed by atoms with E-state index in [1.54, 1.807) is 27.7 Å². The van der Waals surface area contributed by atoms with Gasteiger partial charge in [0.15, 0.2) is 11.6 Å². The molecule has 0 aliphatic rings. The minimum Gasteiger partial charge on any atom is -0.494 e. The van der Waals surface area contributed by atoms with Gasteiger partial charge in [0.25, 0.3) is 11.6 Å². The number of benzene rings is 2. The van der Waals surface area contributed by atoms with E-state index in [-0.39, 0.29) is 34.9 Å². The number of hydrogen-bond donors (Lipinski definition) is 0. The smallest absolute Gasteiger partial charge is 0.273 e. The van der Waals surface area contributed by atoms with E-state index in [2.05, 4.69) is 0 Å². The molecule has 0 saturated heterocycles. The molecule has 0 unspecified atom stereocenters. The van der Waals surface area contributed by atoms with Crippen molar-refractivity contribution in [3.63, 3.8) is 0 Å². The molecule has 31 heavy (non-hydrogen) atoms. The molecule has 0 spiro atoms. The molecule has 2 aromatic carbocycles. The van der Waals surface area contributed by atoms with Crippen LogP contribution in [0.2, 0.25) is 0 Å². The maximum Gasteiger partial charge on any atom is 0.273 e. The maximum atomic E-state index is 14.3. The maximum absolute atomic E-state index is 14.3. The van der Waals surface area contributed by atoms with Crippen LogP contribution >= 0.6 is 0 Å². The third-order valence-corrected chi connectivity index (χ3v) is 6.40. The van der Waals surface area contributed by atoms with E-state index >= 15 is 0 Å². The number of sulfonamides is 1. The number of nitro benzene ring substituents is 1. The van der Waals surface area contributed by atoms with E-state index in [0.717, 1.165) is 12.1 Å². The number of carbonyl (C=O) groups excluding carboxylic acids is 1. The molecular weight excluding hydrogens is 427 g/mol. The number of rotatable bonds is 7. The Hall–Kier alpha value is -3.01. The fourth-order valence-electron chi connectivity index (χ4n) is 3.10. The van der Waals surface area contributed by atoms with E-state index in [4.69, 9.17) is 4.74 Å². The molecule has 0 saturated carbocycles. The standard InChI is InChI=1S/C21H25FN2O6S/c1-6-11-31(28,29)23(15-8-10-19(30-5)17(22)13-15)20(25)14-7-9-16(21(2,3)4)18(12-14)24(26)27/h7-10,12-13H,6,11H2,1-5H3. The van der Waals surface area contributed by atoms with E-state index in [0.29, 0.717) is 9.87 Å². The number of hydrogen-bond acceptors (Lipinski definition) is 6. The second-order valence-electron chi connectivity index (χ2n) is 7.94. The summed E-state index contributed by atoms with van der Waals surface area (Å²) in [7, 11) is -2.92. The third-order valence-electron chi connectivity index (χ3n) is 4.54. The lowest BCUT2D eigenvalue weighted by Gasteiger charge is -2.24. The Labute approximate surface area is 180 Å². The van der Waals surface area contributed by atoms with Crippen LogP contribution in [0.3, 0.4) is 0 Å². The number of carbonyl (C=O) groups is 1. The van der Waals surface area contributed by atoms with Gasteiger partial charge in [-0.25, -0.2) is 17.1 Å². The molecule has 0 fully saturated rings. The topological polar surface area (TPSA) is 107 Å². The molecule has 168 valence electrons. The molecule has 2 rings (SSSR count). The first kappa shape index (κ1) is 24.3. The van der Waals surface area contributed by atoms with Crippen LogP contribution in [-0.4, -0.2) is 32.1 Å². The van der Waals surface area contributed by atoms with Crippen LogP contribution in [0.5, 0.6) is 5.75 Å². The molecule has 0 aliphatic heterocycles. The van der Waals surface area contributed by atoms with Gasteiger partial charge in [0.2, 0.25) is 10.0 Å². The Morgan fingerprint density at radius 2 is 1.84 bits per heavy atom. The predicted molar refractivity (Wildman–Crippen MR) is 116 cm³/mol. The zero-order valence-corrected chi connectivity index (χ0v) is 18.8. The molecule has 0 N–H and O–H groups in total. The van der Waals surface area contributed by atoms with Crippen molar-refractivity contribution < 1.29 is 27.3 Å². The average Bonchev–Trinajstić information content (AvgIpc) is 2.66. The van der Waals surface area contributed by atoms with Gasteiger partial charge in [-0.1, -0.05) is 33.8 Å². The number of ether oxygens (including phenoxy) is 1. The number of anilines is 1. The van der Waals surface area contributed by atoms with Crippen molar-refractivity contribution in [3.05, 3.63) is 63.5 Å². The fraction of sp³-hybridized carbons (Fsp3) is 0.381. The third kappa shape index (κ3) is 5.19. The van der Waals surface area contributed by atoms with Crippen LogP contribution in [0.15, 0.2) is 36.4 Å². The highest BCUT2D eigenvalue weighted by atomic mass is 32.2. The van der Waals surface area contributed by atoms with Gasteiger partial charge < -0.3 is 4.74 Å². The van der Waals surface area contributed by atoms with Crippen molar-refractivity contribution in [1.82, 2.24) is 0 Å². The molecular formula is C21H25FN2O6S. The van der Waals surface area contributed by atoms with Gasteiger partial charge >= 0.3 is 0 Å². The lowest BCUT2D eigenvalue weighted by molar-refractivity contribution is -0.386. The Kier molecular flexibility index (Phi) is 7.05. The van der Waals surface area contributed by atoms with E-state index in [9.17, 15) is 27.7 Å². The molecule has 0 heterocycles. The Bertz CT molecular complexity index is 1110. The number of nitrogens with zero attached hydrogens (tertiary/aromatic N) is 2. The highest BCUT2D eigenvalue weighted by molar-refractivity contribution is 7.93. The number of amides is 1. The van der Waals surface area contributed by atoms with Crippen molar-refractivity contribution in [1.29, 1.82) is 0 Å². The monoisotopic (exact) mass is 452 g/mol. The second kappa shape index (κ2) is 9.01. The molecule has 1 amide bonds.